The summed E-state index contributed by atoms with van der Waals surface area (Å²) in [6.07, 6.45) is 0. The zero-order valence-electron chi connectivity index (χ0n) is 2.42. The zero-order chi connectivity index (χ0) is 3.54. The average Bonchev–Trinajstić information content (AvgIpc) is 1.76. The van der Waals surface area contributed by atoms with Gasteiger partial charge in [-0.1, -0.05) is 7.87 Å². The van der Waals surface area contributed by atoms with Crippen molar-refractivity contribution in [2.45, 2.75) is 0 Å². The third-order valence-corrected chi connectivity index (χ3v) is 1.77. The van der Waals surface area contributed by atoms with E-state index < -0.39 is 0 Å². The van der Waals surface area contributed by atoms with Gasteiger partial charge in [0.05, 0.1) is 14.0 Å². The second-order valence-corrected chi connectivity index (χ2v) is 2.83. The zero-order valence-corrected chi connectivity index (χ0v) is 4.31. The Hall–Kier alpha value is 0.0700. The van der Waals surface area contributed by atoms with E-state index in [9.17, 15) is 0 Å². The Morgan fingerprint density at radius 3 is 3.00 bits per heavy atom. The van der Waals surface area contributed by atoms with E-state index in [0.717, 1.165) is 15.9 Å². The van der Waals surface area contributed by atoms with E-state index in [4.69, 9.17) is 0 Å². The predicted octanol–water partition coefficient (Wildman–Crippen LogP) is 1.09. The first kappa shape index (κ1) is 3.27. The molecule has 0 aliphatic heterocycles. The molecule has 26 valence electrons. The molecule has 0 aromatic carbocycles. The summed E-state index contributed by atoms with van der Waals surface area (Å²) < 4.78 is 0. The first-order valence-electron chi connectivity index (χ1n) is 1.17. The molecule has 0 amide bonds. The Balaban J connectivity index is 3.13. The van der Waals surface area contributed by atoms with Gasteiger partial charge in [-0.25, -0.2) is 0 Å². The maximum Gasteiger partial charge on any atom is 0.0842 e. The van der Waals surface area contributed by atoms with Crippen molar-refractivity contribution in [1.29, 1.82) is 0 Å². The fraction of sp³-hybridized carbons (Fsp3) is 0. The molecule has 0 fully saturated rings. The smallest absolute Gasteiger partial charge is 0.0842 e. The minimum atomic E-state index is 0.823. The van der Waals surface area contributed by atoms with Crippen LogP contribution in [0.3, 0.4) is 0 Å². The molecule has 0 aliphatic carbocycles. The fourth-order valence-electron chi connectivity index (χ4n) is 0.129. The van der Waals surface area contributed by atoms with Gasteiger partial charge in [0.1, 0.15) is 0 Å². The van der Waals surface area contributed by atoms with Crippen molar-refractivity contribution < 1.29 is 0 Å². The summed E-state index contributed by atoms with van der Waals surface area (Å²) in [5.41, 5.74) is 0. The molecule has 1 unspecified atom stereocenters. The van der Waals surface area contributed by atoms with Gasteiger partial charge in [0.15, 0.2) is 0 Å². The van der Waals surface area contributed by atoms with Crippen molar-refractivity contribution in [3.8, 4) is 0 Å². The summed E-state index contributed by atoms with van der Waals surface area (Å²) in [5, 5.41) is 3.58. The molecule has 4 heteroatoms. The molecular weight excluding hydrogens is 102 g/mol. The van der Waals surface area contributed by atoms with Crippen LogP contribution in [0.5, 0.6) is 0 Å². The van der Waals surface area contributed by atoms with Crippen LogP contribution in [0.2, 0.25) is 0 Å². The molecule has 1 rings (SSSR count). The highest BCUT2D eigenvalue weighted by Gasteiger charge is 1.60. The Labute approximate surface area is 32.8 Å². The topological polar surface area (TPSA) is 25.8 Å². The van der Waals surface area contributed by atoms with Crippen LogP contribution in [0.25, 0.3) is 0 Å². The van der Waals surface area contributed by atoms with Crippen molar-refractivity contribution in [2.24, 2.45) is 0 Å². The minimum absolute atomic E-state index is 0.823. The van der Waals surface area contributed by atoms with Gasteiger partial charge in [0, 0.05) is 0 Å². The summed E-state index contributed by atoms with van der Waals surface area (Å²) in [4.78, 5) is 3.64. The van der Waals surface area contributed by atoms with Gasteiger partial charge in [0.2, 0.25) is 0 Å². The van der Waals surface area contributed by atoms with Gasteiger partial charge in [0.25, 0.3) is 0 Å². The molecule has 1 aromatic heterocycles. The second-order valence-electron chi connectivity index (χ2n) is 0.563. The number of aromatic nitrogens is 2. The van der Waals surface area contributed by atoms with Crippen molar-refractivity contribution >= 4 is 15.9 Å². The number of nitrogens with zero attached hydrogens (tertiary/aromatic N) is 2. The summed E-state index contributed by atoms with van der Waals surface area (Å²) in [6.45, 7) is 0. The Bertz CT molecular complexity index is 64.1. The SMILES string of the molecule is c1nnp[pH]1. The molecule has 0 spiro atoms. The van der Waals surface area contributed by atoms with E-state index in [1.165, 1.54) is 0 Å². The monoisotopic (exact) mass is 104 g/mol. The average molecular weight is 104 g/mol. The standard InChI is InChI=1S/CH2N2P2/c1-2-3-5-4-1/h1,4H. The number of hydrogen-bond acceptors (Lipinski definition) is 2. The van der Waals surface area contributed by atoms with Crippen molar-refractivity contribution in [3.05, 3.63) is 5.93 Å². The highest BCUT2D eigenvalue weighted by molar-refractivity contribution is 7.88. The van der Waals surface area contributed by atoms with Crippen molar-refractivity contribution in [3.63, 3.8) is 0 Å². The van der Waals surface area contributed by atoms with E-state index in [1.54, 1.807) is 0 Å². The van der Waals surface area contributed by atoms with Gasteiger partial charge in [-0.05, 0) is 0 Å². The van der Waals surface area contributed by atoms with Gasteiger partial charge >= 0.3 is 0 Å². The molecule has 0 radical (unpaired) electrons. The van der Waals surface area contributed by atoms with Crippen LogP contribution in [-0.4, -0.2) is 9.96 Å². The van der Waals surface area contributed by atoms with E-state index in [-0.39, 0.29) is 0 Å². The number of rotatable bonds is 0. The molecule has 0 bridgehead atoms. The maximum absolute atomic E-state index is 3.64. The van der Waals surface area contributed by atoms with Crippen molar-refractivity contribution in [2.75, 3.05) is 0 Å². The molecule has 2 nitrogen and oxygen atoms in total. The van der Waals surface area contributed by atoms with E-state index in [1.807, 2.05) is 5.93 Å². The van der Waals surface area contributed by atoms with Gasteiger partial charge in [-0.3, -0.25) is 0 Å². The van der Waals surface area contributed by atoms with Crippen molar-refractivity contribution in [1.82, 2.24) is 9.96 Å². The van der Waals surface area contributed by atoms with Crippen LogP contribution in [0, 0.1) is 0 Å². The third kappa shape index (κ3) is 0.678. The van der Waals surface area contributed by atoms with E-state index >= 15 is 0 Å². The lowest BCUT2D eigenvalue weighted by Gasteiger charge is -1.40. The van der Waals surface area contributed by atoms with Gasteiger partial charge in [-0.2, -0.15) is 5.10 Å². The van der Waals surface area contributed by atoms with Crippen LogP contribution >= 0.6 is 15.9 Å². The molecule has 1 atom stereocenters. The van der Waals surface area contributed by atoms with Crippen LogP contribution in [0.4, 0.5) is 0 Å². The van der Waals surface area contributed by atoms with Crippen LogP contribution in [0.15, 0.2) is 5.93 Å². The summed E-state index contributed by atoms with van der Waals surface area (Å²) in [6, 6.07) is 0. The largest absolute Gasteiger partial charge is 0.150 e. The Morgan fingerprint density at radius 2 is 2.80 bits per heavy atom. The lowest BCUT2D eigenvalue weighted by molar-refractivity contribution is 1.17. The third-order valence-electron chi connectivity index (χ3n) is 0.270. The molecule has 0 saturated heterocycles. The highest BCUT2D eigenvalue weighted by Crippen LogP contribution is 2.10. The quantitative estimate of drug-likeness (QED) is 0.492. The van der Waals surface area contributed by atoms with Crippen LogP contribution < -0.4 is 0 Å². The summed E-state index contributed by atoms with van der Waals surface area (Å²) >= 11 is 0. The molecule has 5 heavy (non-hydrogen) atoms. The lowest BCUT2D eigenvalue weighted by atomic mass is 11.7. The minimum Gasteiger partial charge on any atom is -0.150 e. The fourth-order valence-corrected chi connectivity index (χ4v) is 1.16. The normalized spacial score (nSPS) is 11.2. The van der Waals surface area contributed by atoms with Gasteiger partial charge in [-0.15, -0.1) is 4.86 Å². The predicted molar refractivity (Wildman–Crippen MR) is 24.0 cm³/mol. The molecule has 1 aromatic rings. The Morgan fingerprint density at radius 1 is 1.80 bits per heavy atom. The molecule has 0 saturated carbocycles. The van der Waals surface area contributed by atoms with Crippen LogP contribution in [-0.2, 0) is 0 Å². The molecular formula is CH2N2P2. The molecule has 0 aliphatic rings. The first-order valence-corrected chi connectivity index (χ1v) is 3.94. The molecule has 0 N–H and O–H groups in total. The summed E-state index contributed by atoms with van der Waals surface area (Å²) in [5.74, 6) is 1.83. The summed E-state index contributed by atoms with van der Waals surface area (Å²) in [7, 11) is 1.94. The second kappa shape index (κ2) is 1.49. The molecule has 1 heterocycles. The highest BCUT2D eigenvalue weighted by atomic mass is 31.8. The van der Waals surface area contributed by atoms with Gasteiger partial charge < -0.3 is 0 Å². The first-order chi connectivity index (χ1) is 2.50. The maximum atomic E-state index is 3.64. The van der Waals surface area contributed by atoms with Crippen LogP contribution in [0.1, 0.15) is 0 Å². The lowest BCUT2D eigenvalue weighted by Crippen LogP contribution is -1.49. The van der Waals surface area contributed by atoms with E-state index in [2.05, 4.69) is 9.96 Å². The Kier molecular flexibility index (Phi) is 0.975. The van der Waals surface area contributed by atoms with E-state index in [0.29, 0.717) is 0 Å². The number of hydrogen-bond donors (Lipinski definition) is 0.